The Kier molecular flexibility index (Phi) is 5.76. The quantitative estimate of drug-likeness (QED) is 0.858. The summed E-state index contributed by atoms with van der Waals surface area (Å²) in [6.45, 7) is 0.204. The molecule has 0 aliphatic heterocycles. The van der Waals surface area contributed by atoms with Crippen LogP contribution in [0.15, 0.2) is 35.7 Å². The minimum absolute atomic E-state index is 0.182. The molecular formula is C15H16ClNO3S. The van der Waals surface area contributed by atoms with Gasteiger partial charge in [0.15, 0.2) is 0 Å². The van der Waals surface area contributed by atoms with Crippen LogP contribution in [0.2, 0.25) is 5.02 Å². The van der Waals surface area contributed by atoms with E-state index in [0.717, 1.165) is 11.1 Å². The zero-order valence-electron chi connectivity index (χ0n) is 11.5. The fraction of sp³-hybridized carbons (Fsp3) is 0.267. The van der Waals surface area contributed by atoms with Gasteiger partial charge in [-0.05, 0) is 29.1 Å². The summed E-state index contributed by atoms with van der Waals surface area (Å²) in [4.78, 5) is 12.9. The van der Waals surface area contributed by atoms with E-state index in [1.807, 2.05) is 11.4 Å². The number of carbonyl (C=O) groups is 1. The summed E-state index contributed by atoms with van der Waals surface area (Å²) in [7, 11) is 1.59. The molecule has 2 aromatic rings. The normalized spacial score (nSPS) is 12.1. The Balaban J connectivity index is 2.12. The number of thiophene rings is 1. The number of hydrogen-bond acceptors (Lipinski definition) is 4. The Labute approximate surface area is 132 Å². The second-order valence-corrected chi connectivity index (χ2v) is 5.82. The third-order valence-corrected chi connectivity index (χ3v) is 4.22. The molecule has 21 heavy (non-hydrogen) atoms. The van der Waals surface area contributed by atoms with Gasteiger partial charge in [0.25, 0.3) is 5.91 Å². The maximum absolute atomic E-state index is 12.3. The molecule has 1 unspecified atom stereocenters. The minimum Gasteiger partial charge on any atom is -0.394 e. The molecule has 0 aliphatic carbocycles. The van der Waals surface area contributed by atoms with Gasteiger partial charge in [0.2, 0.25) is 0 Å². The van der Waals surface area contributed by atoms with Crippen molar-refractivity contribution in [2.75, 3.05) is 13.7 Å². The molecule has 1 aromatic carbocycles. The van der Waals surface area contributed by atoms with Gasteiger partial charge in [0.1, 0.15) is 0 Å². The van der Waals surface area contributed by atoms with E-state index in [9.17, 15) is 9.90 Å². The van der Waals surface area contributed by atoms with Crippen LogP contribution in [0.1, 0.15) is 26.8 Å². The first kappa shape index (κ1) is 16.0. The topological polar surface area (TPSA) is 58.6 Å². The van der Waals surface area contributed by atoms with Gasteiger partial charge in [-0.3, -0.25) is 4.79 Å². The van der Waals surface area contributed by atoms with Gasteiger partial charge in [-0.25, -0.2) is 0 Å². The predicted octanol–water partition coefficient (Wildman–Crippen LogP) is 3.01. The van der Waals surface area contributed by atoms with Crippen LogP contribution in [0, 0.1) is 0 Å². The van der Waals surface area contributed by atoms with Crippen LogP contribution in [0.5, 0.6) is 0 Å². The number of rotatable bonds is 6. The van der Waals surface area contributed by atoms with Crippen molar-refractivity contribution >= 4 is 28.8 Å². The predicted molar refractivity (Wildman–Crippen MR) is 83.8 cm³/mol. The number of halogens is 1. The molecule has 1 heterocycles. The minimum atomic E-state index is -0.465. The highest BCUT2D eigenvalue weighted by molar-refractivity contribution is 7.12. The Hall–Kier alpha value is -1.40. The molecule has 1 aromatic heterocycles. The van der Waals surface area contributed by atoms with E-state index in [2.05, 4.69) is 5.32 Å². The highest BCUT2D eigenvalue weighted by Crippen LogP contribution is 2.21. The Morgan fingerprint density at radius 2 is 2.10 bits per heavy atom. The van der Waals surface area contributed by atoms with Crippen molar-refractivity contribution in [2.45, 2.75) is 12.6 Å². The fourth-order valence-electron chi connectivity index (χ4n) is 1.96. The van der Waals surface area contributed by atoms with Crippen molar-refractivity contribution < 1.29 is 14.6 Å². The van der Waals surface area contributed by atoms with Gasteiger partial charge in [0, 0.05) is 17.7 Å². The summed E-state index contributed by atoms with van der Waals surface area (Å²) in [5.74, 6) is -0.217. The van der Waals surface area contributed by atoms with Crippen molar-refractivity contribution in [3.05, 3.63) is 56.7 Å². The van der Waals surface area contributed by atoms with Crippen LogP contribution in [0.3, 0.4) is 0 Å². The average molecular weight is 326 g/mol. The number of hydrogen-bond donors (Lipinski definition) is 2. The van der Waals surface area contributed by atoms with Crippen molar-refractivity contribution in [3.63, 3.8) is 0 Å². The standard InChI is InChI=1S/C15H16ClNO3S/c1-20-9-11-6-7-21-14(11)15(19)17-13(8-18)10-2-4-12(16)5-3-10/h2-7,13,18H,8-9H2,1H3,(H,17,19). The van der Waals surface area contributed by atoms with Crippen LogP contribution < -0.4 is 5.32 Å². The lowest BCUT2D eigenvalue weighted by atomic mass is 10.1. The van der Waals surface area contributed by atoms with Crippen LogP contribution >= 0.6 is 22.9 Å². The van der Waals surface area contributed by atoms with E-state index >= 15 is 0 Å². The van der Waals surface area contributed by atoms with E-state index in [-0.39, 0.29) is 12.5 Å². The highest BCUT2D eigenvalue weighted by Gasteiger charge is 2.18. The maximum Gasteiger partial charge on any atom is 0.262 e. The van der Waals surface area contributed by atoms with Crippen molar-refractivity contribution in [3.8, 4) is 0 Å². The summed E-state index contributed by atoms with van der Waals surface area (Å²) in [5, 5.41) is 14.8. The molecule has 0 radical (unpaired) electrons. The van der Waals surface area contributed by atoms with E-state index in [0.29, 0.717) is 16.5 Å². The molecule has 0 saturated carbocycles. The Morgan fingerprint density at radius 3 is 2.71 bits per heavy atom. The molecule has 0 aliphatic rings. The number of methoxy groups -OCH3 is 1. The molecule has 2 rings (SSSR count). The number of aliphatic hydroxyl groups excluding tert-OH is 1. The average Bonchev–Trinajstić information content (AvgIpc) is 2.94. The molecule has 1 amide bonds. The van der Waals surface area contributed by atoms with Crippen molar-refractivity contribution in [1.82, 2.24) is 5.32 Å². The van der Waals surface area contributed by atoms with E-state index in [1.165, 1.54) is 11.3 Å². The molecule has 2 N–H and O–H groups in total. The number of benzene rings is 1. The second kappa shape index (κ2) is 7.56. The first-order chi connectivity index (χ1) is 10.2. The number of aliphatic hydroxyl groups is 1. The SMILES string of the molecule is COCc1ccsc1C(=O)NC(CO)c1ccc(Cl)cc1. The van der Waals surface area contributed by atoms with Gasteiger partial charge in [-0.2, -0.15) is 0 Å². The number of nitrogens with one attached hydrogen (secondary N) is 1. The van der Waals surface area contributed by atoms with Gasteiger partial charge in [0.05, 0.1) is 24.1 Å². The Morgan fingerprint density at radius 1 is 1.38 bits per heavy atom. The van der Waals surface area contributed by atoms with Crippen molar-refractivity contribution in [1.29, 1.82) is 0 Å². The molecule has 1 atom stereocenters. The molecular weight excluding hydrogens is 310 g/mol. The highest BCUT2D eigenvalue weighted by atomic mass is 35.5. The third kappa shape index (κ3) is 4.04. The largest absolute Gasteiger partial charge is 0.394 e. The summed E-state index contributed by atoms with van der Waals surface area (Å²) in [6.07, 6.45) is 0. The summed E-state index contributed by atoms with van der Waals surface area (Å²) in [5.41, 5.74) is 1.65. The smallest absolute Gasteiger partial charge is 0.262 e. The molecule has 112 valence electrons. The third-order valence-electron chi connectivity index (χ3n) is 3.01. The zero-order chi connectivity index (χ0) is 15.2. The van der Waals surface area contributed by atoms with Crippen LogP contribution in [-0.4, -0.2) is 24.7 Å². The lowest BCUT2D eigenvalue weighted by Crippen LogP contribution is -2.30. The second-order valence-electron chi connectivity index (χ2n) is 4.47. The van der Waals surface area contributed by atoms with Gasteiger partial charge >= 0.3 is 0 Å². The van der Waals surface area contributed by atoms with E-state index < -0.39 is 6.04 Å². The van der Waals surface area contributed by atoms with Crippen LogP contribution in [0.4, 0.5) is 0 Å². The first-order valence-corrected chi connectivity index (χ1v) is 7.64. The number of ether oxygens (including phenoxy) is 1. The van der Waals surface area contributed by atoms with E-state index in [1.54, 1.807) is 31.4 Å². The molecule has 0 spiro atoms. The Bertz CT molecular complexity index is 597. The van der Waals surface area contributed by atoms with Gasteiger partial charge in [-0.1, -0.05) is 23.7 Å². The number of carbonyl (C=O) groups excluding carboxylic acids is 1. The van der Waals surface area contributed by atoms with Crippen LogP contribution in [-0.2, 0) is 11.3 Å². The first-order valence-electron chi connectivity index (χ1n) is 6.38. The molecule has 0 saturated heterocycles. The molecule has 0 fully saturated rings. The van der Waals surface area contributed by atoms with Gasteiger partial charge < -0.3 is 15.2 Å². The summed E-state index contributed by atoms with van der Waals surface area (Å²) >= 11 is 7.19. The zero-order valence-corrected chi connectivity index (χ0v) is 13.1. The summed E-state index contributed by atoms with van der Waals surface area (Å²) < 4.78 is 5.07. The fourth-order valence-corrected chi connectivity index (χ4v) is 2.90. The maximum atomic E-state index is 12.3. The lowest BCUT2D eigenvalue weighted by molar-refractivity contribution is 0.0916. The molecule has 0 bridgehead atoms. The summed E-state index contributed by atoms with van der Waals surface area (Å²) in [6, 6.07) is 8.43. The monoisotopic (exact) mass is 325 g/mol. The molecule has 6 heteroatoms. The lowest BCUT2D eigenvalue weighted by Gasteiger charge is -2.17. The van der Waals surface area contributed by atoms with Crippen LogP contribution in [0.25, 0.3) is 0 Å². The van der Waals surface area contributed by atoms with Crippen molar-refractivity contribution in [2.24, 2.45) is 0 Å². The number of amides is 1. The molecule has 4 nitrogen and oxygen atoms in total. The van der Waals surface area contributed by atoms with Gasteiger partial charge in [-0.15, -0.1) is 11.3 Å². The van der Waals surface area contributed by atoms with E-state index in [4.69, 9.17) is 16.3 Å².